The van der Waals surface area contributed by atoms with Crippen LogP contribution in [0.25, 0.3) is 0 Å². The molecule has 3 heterocycles. The van der Waals surface area contributed by atoms with Gasteiger partial charge in [0.25, 0.3) is 5.91 Å². The van der Waals surface area contributed by atoms with E-state index in [0.29, 0.717) is 26.3 Å². The quantitative estimate of drug-likeness (QED) is 0.769. The number of amides is 1. The number of hydrogen-bond donors (Lipinski definition) is 0. The van der Waals surface area contributed by atoms with Crippen LogP contribution < -0.4 is 0 Å². The lowest BCUT2D eigenvalue weighted by Crippen LogP contribution is -2.50. The first-order valence-electron chi connectivity index (χ1n) is 9.08. The summed E-state index contributed by atoms with van der Waals surface area (Å²) in [7, 11) is 2.08. The molecule has 0 spiro atoms. The molecule has 1 aromatic heterocycles. The molecule has 4 rings (SSSR count). The summed E-state index contributed by atoms with van der Waals surface area (Å²) in [6.45, 7) is 3.55. The number of carbonyl (C=O) groups is 1. The lowest BCUT2D eigenvalue weighted by molar-refractivity contribution is -0.131. The van der Waals surface area contributed by atoms with E-state index in [9.17, 15) is 4.79 Å². The van der Waals surface area contributed by atoms with Crippen molar-refractivity contribution in [3.63, 3.8) is 0 Å². The van der Waals surface area contributed by atoms with Crippen LogP contribution >= 0.6 is 11.3 Å². The molecule has 0 atom stereocenters. The summed E-state index contributed by atoms with van der Waals surface area (Å²) in [4.78, 5) is 23.7. The smallest absolute Gasteiger partial charge is 0.254 e. The molecule has 0 aliphatic carbocycles. The van der Waals surface area contributed by atoms with Gasteiger partial charge in [-0.1, -0.05) is 36.3 Å². The average Bonchev–Trinajstić information content (AvgIpc) is 3.20. The third-order valence-corrected chi connectivity index (χ3v) is 5.62. The van der Waals surface area contributed by atoms with Gasteiger partial charge in [-0.25, -0.2) is 4.98 Å². The van der Waals surface area contributed by atoms with Crippen molar-refractivity contribution >= 4 is 17.2 Å². The molecule has 0 unspecified atom stereocenters. The van der Waals surface area contributed by atoms with Gasteiger partial charge < -0.3 is 9.80 Å². The normalized spacial score (nSPS) is 17.6. The molecule has 1 aromatic carbocycles. The number of rotatable bonds is 3. The van der Waals surface area contributed by atoms with E-state index in [1.165, 1.54) is 5.70 Å². The molecule has 1 amide bonds. The van der Waals surface area contributed by atoms with Crippen LogP contribution in [0.15, 0.2) is 53.2 Å². The lowest BCUT2D eigenvalue weighted by atomic mass is 10.0. The molecule has 2 aliphatic heterocycles. The maximum absolute atomic E-state index is 13.1. The molecule has 6 heteroatoms. The summed E-state index contributed by atoms with van der Waals surface area (Å²) in [5.74, 6) is 6.45. The van der Waals surface area contributed by atoms with E-state index in [0.717, 1.165) is 29.1 Å². The zero-order chi connectivity index (χ0) is 18.6. The third kappa shape index (κ3) is 4.05. The molecule has 0 fully saturated rings. The molecule has 0 bridgehead atoms. The Hall–Kier alpha value is -2.62. The van der Waals surface area contributed by atoms with E-state index >= 15 is 0 Å². The Morgan fingerprint density at radius 2 is 2.11 bits per heavy atom. The van der Waals surface area contributed by atoms with E-state index in [1.807, 2.05) is 28.5 Å². The summed E-state index contributed by atoms with van der Waals surface area (Å²) in [6.07, 6.45) is 2.67. The number of carbonyl (C=O) groups excluding carboxylic acids is 1. The van der Waals surface area contributed by atoms with Crippen LogP contribution in [0.4, 0.5) is 0 Å². The third-order valence-electron chi connectivity index (χ3n) is 4.93. The van der Waals surface area contributed by atoms with Crippen molar-refractivity contribution < 1.29 is 4.79 Å². The molecule has 27 heavy (non-hydrogen) atoms. The molecular weight excluding hydrogens is 356 g/mol. The molecule has 2 aromatic rings. The van der Waals surface area contributed by atoms with Gasteiger partial charge in [-0.2, -0.15) is 0 Å². The lowest BCUT2D eigenvalue weighted by Gasteiger charge is -2.42. The Bertz CT molecular complexity index is 895. The first-order chi connectivity index (χ1) is 13.2. The van der Waals surface area contributed by atoms with Crippen LogP contribution in [0.1, 0.15) is 17.0 Å². The van der Waals surface area contributed by atoms with Gasteiger partial charge in [-0.05, 0) is 11.5 Å². The maximum atomic E-state index is 13.1. The Morgan fingerprint density at radius 3 is 2.89 bits per heavy atom. The zero-order valence-electron chi connectivity index (χ0n) is 15.4. The molecule has 0 radical (unpaired) electrons. The summed E-state index contributed by atoms with van der Waals surface area (Å²) < 4.78 is 0. The number of nitrogens with zero attached hydrogens (tertiary/aromatic N) is 4. The van der Waals surface area contributed by atoms with Gasteiger partial charge in [-0.15, -0.1) is 11.3 Å². The van der Waals surface area contributed by atoms with Gasteiger partial charge in [0.1, 0.15) is 0 Å². The second-order valence-electron chi connectivity index (χ2n) is 6.85. The van der Waals surface area contributed by atoms with Crippen LogP contribution in [0.3, 0.4) is 0 Å². The number of hydrogen-bond acceptors (Lipinski definition) is 5. The van der Waals surface area contributed by atoms with E-state index < -0.39 is 0 Å². The molecule has 0 saturated carbocycles. The number of aromatic nitrogens is 1. The topological polar surface area (TPSA) is 39.7 Å². The predicted octanol–water partition coefficient (Wildman–Crippen LogP) is 2.39. The summed E-state index contributed by atoms with van der Waals surface area (Å²) >= 11 is 1.55. The van der Waals surface area contributed by atoms with Crippen molar-refractivity contribution in [1.29, 1.82) is 0 Å². The van der Waals surface area contributed by atoms with Gasteiger partial charge in [-0.3, -0.25) is 9.69 Å². The van der Waals surface area contributed by atoms with Crippen LogP contribution in [-0.2, 0) is 11.3 Å². The highest BCUT2D eigenvalue weighted by atomic mass is 32.1. The first kappa shape index (κ1) is 17.8. The van der Waals surface area contributed by atoms with Gasteiger partial charge in [0.05, 0.1) is 18.8 Å². The monoisotopic (exact) mass is 378 g/mol. The van der Waals surface area contributed by atoms with Gasteiger partial charge >= 0.3 is 0 Å². The van der Waals surface area contributed by atoms with Gasteiger partial charge in [0.15, 0.2) is 5.01 Å². The molecule has 2 aliphatic rings. The predicted molar refractivity (Wildman–Crippen MR) is 107 cm³/mol. The summed E-state index contributed by atoms with van der Waals surface area (Å²) in [5, 5.41) is 2.77. The summed E-state index contributed by atoms with van der Waals surface area (Å²) in [5.41, 5.74) is 3.26. The Morgan fingerprint density at radius 1 is 1.26 bits per heavy atom. The highest BCUT2D eigenvalue weighted by Gasteiger charge is 2.33. The zero-order valence-corrected chi connectivity index (χ0v) is 16.2. The van der Waals surface area contributed by atoms with Crippen molar-refractivity contribution in [2.24, 2.45) is 0 Å². The van der Waals surface area contributed by atoms with Crippen molar-refractivity contribution in [2.75, 3.05) is 33.4 Å². The fourth-order valence-corrected chi connectivity index (χ4v) is 4.09. The SMILES string of the molecule is CN1CN(Cc2ccccc2)C(=O)C2=C1CCN(CC#Cc1nccs1)C2. The average molecular weight is 379 g/mol. The Labute approximate surface area is 163 Å². The second-order valence-corrected chi connectivity index (χ2v) is 7.75. The molecule has 0 N–H and O–H groups in total. The van der Waals surface area contributed by atoms with Crippen LogP contribution in [0.2, 0.25) is 0 Å². The van der Waals surface area contributed by atoms with Crippen LogP contribution in [0.5, 0.6) is 0 Å². The van der Waals surface area contributed by atoms with Crippen LogP contribution in [-0.4, -0.2) is 58.9 Å². The summed E-state index contributed by atoms with van der Waals surface area (Å²) in [6, 6.07) is 10.2. The molecule has 138 valence electrons. The van der Waals surface area contributed by atoms with Gasteiger partial charge in [0, 0.05) is 50.4 Å². The largest absolute Gasteiger partial charge is 0.360 e. The Kier molecular flexibility index (Phi) is 5.23. The van der Waals surface area contributed by atoms with Crippen molar-refractivity contribution in [2.45, 2.75) is 13.0 Å². The fraction of sp³-hybridized carbons (Fsp3) is 0.333. The standard InChI is InChI=1S/C21H22N4OS/c1-23-16-25(14-17-6-3-2-4-7-17)21(26)18-15-24(12-9-19(18)23)11-5-8-20-22-10-13-27-20/h2-4,6-7,10,13H,9,11-12,14-16H2,1H3. The molecular formula is C21H22N4OS. The highest BCUT2D eigenvalue weighted by molar-refractivity contribution is 7.10. The first-order valence-corrected chi connectivity index (χ1v) is 9.96. The fourth-order valence-electron chi connectivity index (χ4n) is 3.59. The van der Waals surface area contributed by atoms with Crippen LogP contribution in [0, 0.1) is 11.8 Å². The van der Waals surface area contributed by atoms with E-state index in [4.69, 9.17) is 0 Å². The minimum atomic E-state index is 0.157. The Balaban J connectivity index is 1.45. The molecule has 0 saturated heterocycles. The van der Waals surface area contributed by atoms with E-state index in [1.54, 1.807) is 17.5 Å². The highest BCUT2D eigenvalue weighted by Crippen LogP contribution is 2.27. The minimum absolute atomic E-state index is 0.157. The number of benzene rings is 1. The maximum Gasteiger partial charge on any atom is 0.254 e. The second kappa shape index (κ2) is 7.95. The van der Waals surface area contributed by atoms with Crippen molar-refractivity contribution in [3.05, 3.63) is 63.7 Å². The van der Waals surface area contributed by atoms with E-state index in [2.05, 4.69) is 45.8 Å². The minimum Gasteiger partial charge on any atom is -0.360 e. The van der Waals surface area contributed by atoms with Crippen molar-refractivity contribution in [3.8, 4) is 11.8 Å². The molecule has 5 nitrogen and oxygen atoms in total. The number of thiazole rings is 1. The van der Waals surface area contributed by atoms with Gasteiger partial charge in [0.2, 0.25) is 0 Å². The van der Waals surface area contributed by atoms with E-state index in [-0.39, 0.29) is 5.91 Å². The van der Waals surface area contributed by atoms with Crippen molar-refractivity contribution in [1.82, 2.24) is 19.7 Å².